The Bertz CT molecular complexity index is 549. The van der Waals surface area contributed by atoms with Gasteiger partial charge in [-0.25, -0.2) is 4.98 Å². The van der Waals surface area contributed by atoms with Crippen LogP contribution in [0.15, 0.2) is 24.4 Å². The fourth-order valence-electron chi connectivity index (χ4n) is 4.19. The van der Waals surface area contributed by atoms with E-state index in [4.69, 9.17) is 5.73 Å². The van der Waals surface area contributed by atoms with Gasteiger partial charge in [0.2, 0.25) is 5.91 Å². The molecule has 0 bridgehead atoms. The van der Waals surface area contributed by atoms with Gasteiger partial charge in [-0.2, -0.15) is 0 Å². The lowest BCUT2D eigenvalue weighted by molar-refractivity contribution is -0.122. The summed E-state index contributed by atoms with van der Waals surface area (Å²) in [6, 6.07) is 6.18. The fourth-order valence-corrected chi connectivity index (χ4v) is 4.19. The van der Waals surface area contributed by atoms with Crippen LogP contribution in [-0.4, -0.2) is 61.1 Å². The Morgan fingerprint density at radius 1 is 1.14 bits per heavy atom. The highest BCUT2D eigenvalue weighted by Crippen LogP contribution is 2.26. The summed E-state index contributed by atoms with van der Waals surface area (Å²) < 4.78 is 0. The van der Waals surface area contributed by atoms with E-state index in [-0.39, 0.29) is 36.8 Å². The number of hydrogen-bond donors (Lipinski definition) is 2. The molecule has 1 atom stereocenters. The van der Waals surface area contributed by atoms with Gasteiger partial charge < -0.3 is 16.0 Å². The summed E-state index contributed by atoms with van der Waals surface area (Å²) in [5.41, 5.74) is 5.92. The third kappa shape index (κ3) is 7.39. The highest BCUT2D eigenvalue weighted by Gasteiger charge is 2.24. The van der Waals surface area contributed by atoms with Crippen LogP contribution < -0.4 is 16.0 Å². The lowest BCUT2D eigenvalue weighted by Crippen LogP contribution is -2.49. The summed E-state index contributed by atoms with van der Waals surface area (Å²) in [7, 11) is 0. The quantitative estimate of drug-likeness (QED) is 0.693. The van der Waals surface area contributed by atoms with Crippen molar-refractivity contribution in [2.24, 2.45) is 11.7 Å². The van der Waals surface area contributed by atoms with E-state index < -0.39 is 0 Å². The van der Waals surface area contributed by atoms with E-state index in [0.29, 0.717) is 18.9 Å². The molecule has 0 spiro atoms. The zero-order valence-electron chi connectivity index (χ0n) is 16.6. The van der Waals surface area contributed by atoms with Crippen LogP contribution >= 0.6 is 24.8 Å². The number of piperazine rings is 1. The van der Waals surface area contributed by atoms with E-state index in [9.17, 15) is 4.79 Å². The van der Waals surface area contributed by atoms with Crippen molar-refractivity contribution in [3.8, 4) is 0 Å². The Morgan fingerprint density at radius 2 is 1.86 bits per heavy atom. The van der Waals surface area contributed by atoms with Gasteiger partial charge in [-0.3, -0.25) is 9.69 Å². The SMILES string of the molecule is Cl.Cl.NCC(NC(=O)CCN1CCN(c2ccccn2)CC1)C1CCCCC1. The maximum absolute atomic E-state index is 12.4. The summed E-state index contributed by atoms with van der Waals surface area (Å²) in [6.45, 7) is 5.26. The molecular formula is C20H35Cl2N5O. The van der Waals surface area contributed by atoms with Gasteiger partial charge in [0.05, 0.1) is 0 Å². The summed E-state index contributed by atoms with van der Waals surface area (Å²) >= 11 is 0. The number of nitrogens with zero attached hydrogens (tertiary/aromatic N) is 3. The van der Waals surface area contributed by atoms with Crippen LogP contribution in [0.3, 0.4) is 0 Å². The zero-order valence-corrected chi connectivity index (χ0v) is 18.2. The molecule has 2 heterocycles. The predicted octanol–water partition coefficient (Wildman–Crippen LogP) is 2.46. The van der Waals surface area contributed by atoms with E-state index in [1.807, 2.05) is 18.3 Å². The molecule has 2 fully saturated rings. The van der Waals surface area contributed by atoms with Crippen molar-refractivity contribution in [3.05, 3.63) is 24.4 Å². The van der Waals surface area contributed by atoms with Crippen molar-refractivity contribution in [1.29, 1.82) is 0 Å². The summed E-state index contributed by atoms with van der Waals surface area (Å²) in [5, 5.41) is 3.20. The van der Waals surface area contributed by atoms with Crippen LogP contribution in [-0.2, 0) is 4.79 Å². The summed E-state index contributed by atoms with van der Waals surface area (Å²) in [6.07, 6.45) is 8.69. The van der Waals surface area contributed by atoms with Crippen molar-refractivity contribution in [2.75, 3.05) is 44.2 Å². The molecule has 160 valence electrons. The summed E-state index contributed by atoms with van der Waals surface area (Å²) in [4.78, 5) is 21.5. The predicted molar refractivity (Wildman–Crippen MR) is 120 cm³/mol. The number of nitrogens with one attached hydrogen (secondary N) is 1. The molecule has 1 aliphatic carbocycles. The van der Waals surface area contributed by atoms with Gasteiger partial charge in [0.25, 0.3) is 0 Å². The van der Waals surface area contributed by atoms with Crippen molar-refractivity contribution in [1.82, 2.24) is 15.2 Å². The topological polar surface area (TPSA) is 74.5 Å². The number of rotatable bonds is 7. The van der Waals surface area contributed by atoms with Gasteiger partial charge in [0, 0.05) is 57.9 Å². The first-order valence-electron chi connectivity index (χ1n) is 10.1. The second kappa shape index (κ2) is 13.2. The highest BCUT2D eigenvalue weighted by molar-refractivity contribution is 5.85. The number of carbonyl (C=O) groups is 1. The Kier molecular flexibility index (Phi) is 11.8. The molecule has 8 heteroatoms. The fraction of sp³-hybridized carbons (Fsp3) is 0.700. The highest BCUT2D eigenvalue weighted by atomic mass is 35.5. The van der Waals surface area contributed by atoms with E-state index in [1.165, 1.54) is 32.1 Å². The van der Waals surface area contributed by atoms with Crippen LogP contribution in [0.4, 0.5) is 5.82 Å². The molecule has 1 aliphatic heterocycles. The molecule has 28 heavy (non-hydrogen) atoms. The van der Waals surface area contributed by atoms with Crippen LogP contribution in [0, 0.1) is 5.92 Å². The van der Waals surface area contributed by atoms with Crippen LogP contribution in [0.2, 0.25) is 0 Å². The minimum absolute atomic E-state index is 0. The van der Waals surface area contributed by atoms with Gasteiger partial charge in [0.15, 0.2) is 0 Å². The smallest absolute Gasteiger partial charge is 0.221 e. The van der Waals surface area contributed by atoms with Crippen LogP contribution in [0.1, 0.15) is 38.5 Å². The molecule has 1 aromatic rings. The Hall–Kier alpha value is -1.08. The average molecular weight is 432 g/mol. The maximum atomic E-state index is 12.4. The third-order valence-corrected chi connectivity index (χ3v) is 5.82. The number of aromatic nitrogens is 1. The van der Waals surface area contributed by atoms with Gasteiger partial charge in [0.1, 0.15) is 5.82 Å². The molecular weight excluding hydrogens is 397 g/mol. The maximum Gasteiger partial charge on any atom is 0.221 e. The largest absolute Gasteiger partial charge is 0.354 e. The third-order valence-electron chi connectivity index (χ3n) is 5.82. The Balaban J connectivity index is 0.00000196. The van der Waals surface area contributed by atoms with Crippen LogP contribution in [0.25, 0.3) is 0 Å². The first kappa shape index (κ1) is 25.0. The number of pyridine rings is 1. The summed E-state index contributed by atoms with van der Waals surface area (Å²) in [5.74, 6) is 1.76. The van der Waals surface area contributed by atoms with E-state index >= 15 is 0 Å². The molecule has 1 amide bonds. The van der Waals surface area contributed by atoms with E-state index in [1.54, 1.807) is 0 Å². The van der Waals surface area contributed by atoms with Gasteiger partial charge >= 0.3 is 0 Å². The second-order valence-corrected chi connectivity index (χ2v) is 7.57. The molecule has 1 aromatic heterocycles. The lowest BCUT2D eigenvalue weighted by atomic mass is 9.84. The molecule has 0 radical (unpaired) electrons. The van der Waals surface area contributed by atoms with Crippen molar-refractivity contribution < 1.29 is 4.79 Å². The first-order chi connectivity index (χ1) is 12.8. The molecule has 2 aliphatic rings. The molecule has 1 unspecified atom stereocenters. The van der Waals surface area contributed by atoms with Gasteiger partial charge in [-0.15, -0.1) is 24.8 Å². The average Bonchev–Trinajstić information content (AvgIpc) is 2.72. The molecule has 1 saturated carbocycles. The number of halogens is 2. The Morgan fingerprint density at radius 3 is 2.46 bits per heavy atom. The molecule has 1 saturated heterocycles. The molecule has 3 N–H and O–H groups in total. The number of hydrogen-bond acceptors (Lipinski definition) is 5. The van der Waals surface area contributed by atoms with Crippen molar-refractivity contribution in [2.45, 2.75) is 44.6 Å². The number of carbonyl (C=O) groups excluding carboxylic acids is 1. The minimum Gasteiger partial charge on any atom is -0.354 e. The number of nitrogens with two attached hydrogens (primary N) is 1. The second-order valence-electron chi connectivity index (χ2n) is 7.57. The standard InChI is InChI=1S/C20H33N5O.2ClH/c21-16-18(17-6-2-1-3-7-17)23-20(26)9-11-24-12-14-25(15-13-24)19-8-4-5-10-22-19;;/h4-5,8,10,17-18H,1-3,6-7,9,11-16,21H2,(H,23,26);2*1H. The van der Waals surface area contributed by atoms with Gasteiger partial charge in [-0.05, 0) is 30.9 Å². The van der Waals surface area contributed by atoms with Crippen molar-refractivity contribution >= 4 is 36.5 Å². The number of anilines is 1. The molecule has 6 nitrogen and oxygen atoms in total. The zero-order chi connectivity index (χ0) is 18.2. The van der Waals surface area contributed by atoms with E-state index in [2.05, 4.69) is 26.2 Å². The van der Waals surface area contributed by atoms with Crippen LogP contribution in [0.5, 0.6) is 0 Å². The minimum atomic E-state index is 0. The number of amides is 1. The molecule has 3 rings (SSSR count). The first-order valence-corrected chi connectivity index (χ1v) is 10.1. The monoisotopic (exact) mass is 431 g/mol. The lowest BCUT2D eigenvalue weighted by Gasteiger charge is -2.35. The normalized spacial score (nSPS) is 19.2. The molecule has 0 aromatic carbocycles. The van der Waals surface area contributed by atoms with E-state index in [0.717, 1.165) is 38.5 Å². The van der Waals surface area contributed by atoms with Crippen molar-refractivity contribution in [3.63, 3.8) is 0 Å². The van der Waals surface area contributed by atoms with Gasteiger partial charge in [-0.1, -0.05) is 25.3 Å². The Labute approximate surface area is 181 Å².